The van der Waals surface area contributed by atoms with Crippen LogP contribution in [-0.2, 0) is 44.6 Å². The van der Waals surface area contributed by atoms with Crippen LogP contribution in [0.25, 0.3) is 10.9 Å². The molecule has 1 amide bonds. The number of carbonyl (C=O) groups excluding carboxylic acids is 2. The number of amides is 1. The molecule has 4 aromatic carbocycles. The van der Waals surface area contributed by atoms with Crippen LogP contribution in [0.3, 0.4) is 0 Å². The molecule has 0 spiro atoms. The Bertz CT molecular complexity index is 2520. The van der Waals surface area contributed by atoms with E-state index in [1.165, 1.54) is 22.7 Å². The standard InChI is InChI=1S/C47H53N5O8S/c1-61(58,59)52(29-33-9-7-32(8-10-33)27-48-28-41(54)38-15-17-40(53)44-39(38)16-18-43(55)49-44)30-34-11-13-36(14-12-34)45(56)51-25-21-47(22-26-51,37-5-3-2-4-6-37)46(57)60-42-31-50-23-19-35(42)20-24-50/h2-18,35,41-42,48,53-54H,19-31H2,1H3,(H,49,55). The minimum absolute atomic E-state index is 0.0724. The minimum Gasteiger partial charge on any atom is -0.506 e. The molecule has 4 aliphatic rings. The van der Waals surface area contributed by atoms with Crippen molar-refractivity contribution in [2.24, 2.45) is 5.92 Å². The van der Waals surface area contributed by atoms with Gasteiger partial charge in [0, 0.05) is 62.8 Å². The molecule has 5 heterocycles. The number of piperidine rings is 4. The number of aromatic nitrogens is 1. The van der Waals surface area contributed by atoms with Gasteiger partial charge in [-0.15, -0.1) is 0 Å². The number of sulfonamides is 1. The number of hydrogen-bond donors (Lipinski definition) is 4. The van der Waals surface area contributed by atoms with Crippen LogP contribution in [0, 0.1) is 5.92 Å². The van der Waals surface area contributed by atoms with Crippen LogP contribution in [0.1, 0.15) is 70.0 Å². The van der Waals surface area contributed by atoms with E-state index in [9.17, 15) is 33.0 Å². The molecule has 4 fully saturated rings. The van der Waals surface area contributed by atoms with Crippen LogP contribution < -0.4 is 10.9 Å². The molecule has 0 aliphatic carbocycles. The Balaban J connectivity index is 0.852. The van der Waals surface area contributed by atoms with Gasteiger partial charge in [0.1, 0.15) is 11.9 Å². The van der Waals surface area contributed by atoms with Crippen molar-refractivity contribution in [1.82, 2.24) is 24.4 Å². The van der Waals surface area contributed by atoms with E-state index in [0.29, 0.717) is 54.9 Å². The van der Waals surface area contributed by atoms with Crippen molar-refractivity contribution in [3.8, 4) is 5.75 Å². The third-order valence-electron chi connectivity index (χ3n) is 12.8. The molecule has 0 saturated carbocycles. The number of phenolic OH excluding ortho intramolecular Hbond substituents is 1. The molecule has 2 unspecified atom stereocenters. The molecule has 14 heteroatoms. The number of nitrogens with zero attached hydrogens (tertiary/aromatic N) is 3. The lowest BCUT2D eigenvalue weighted by atomic mass is 9.72. The van der Waals surface area contributed by atoms with Gasteiger partial charge in [0.15, 0.2) is 0 Å². The van der Waals surface area contributed by atoms with E-state index >= 15 is 0 Å². The maximum absolute atomic E-state index is 14.1. The van der Waals surface area contributed by atoms with Crippen molar-refractivity contribution in [2.75, 3.05) is 45.5 Å². The number of ether oxygens (including phenoxy) is 1. The first-order valence-electron chi connectivity index (χ1n) is 21.0. The van der Waals surface area contributed by atoms with Crippen LogP contribution >= 0.6 is 0 Å². The number of H-pyrrole nitrogens is 1. The van der Waals surface area contributed by atoms with Crippen LogP contribution in [0.2, 0.25) is 0 Å². The second kappa shape index (κ2) is 17.9. The lowest BCUT2D eigenvalue weighted by Crippen LogP contribution is -2.55. The Kier molecular flexibility index (Phi) is 12.4. The van der Waals surface area contributed by atoms with Crippen molar-refractivity contribution >= 4 is 32.8 Å². The second-order valence-corrected chi connectivity index (χ2v) is 18.8. The van der Waals surface area contributed by atoms with Gasteiger partial charge in [-0.05, 0) is 96.8 Å². The molecule has 9 rings (SSSR count). The third-order valence-corrected chi connectivity index (χ3v) is 14.0. The summed E-state index contributed by atoms with van der Waals surface area (Å²) in [5.74, 6) is 0.0150. The highest BCUT2D eigenvalue weighted by atomic mass is 32.2. The van der Waals surface area contributed by atoms with Gasteiger partial charge in [-0.1, -0.05) is 72.8 Å². The molecular weight excluding hydrogens is 795 g/mol. The van der Waals surface area contributed by atoms with Crippen molar-refractivity contribution in [2.45, 2.75) is 62.9 Å². The molecule has 5 aromatic rings. The summed E-state index contributed by atoms with van der Waals surface area (Å²) in [5.41, 5.74) is 3.58. The number of esters is 1. The fourth-order valence-electron chi connectivity index (χ4n) is 9.16. The van der Waals surface area contributed by atoms with Gasteiger partial charge in [0.2, 0.25) is 15.6 Å². The predicted octanol–water partition coefficient (Wildman–Crippen LogP) is 4.83. The summed E-state index contributed by atoms with van der Waals surface area (Å²) in [5, 5.41) is 24.8. The topological polar surface area (TPSA) is 173 Å². The second-order valence-electron chi connectivity index (χ2n) is 16.8. The van der Waals surface area contributed by atoms with E-state index < -0.39 is 21.5 Å². The first-order chi connectivity index (χ1) is 29.4. The Morgan fingerprint density at radius 2 is 1.51 bits per heavy atom. The van der Waals surface area contributed by atoms with Gasteiger partial charge in [-0.3, -0.25) is 19.3 Å². The summed E-state index contributed by atoms with van der Waals surface area (Å²) in [6, 6.07) is 30.4. The highest BCUT2D eigenvalue weighted by molar-refractivity contribution is 7.88. The predicted molar refractivity (Wildman–Crippen MR) is 232 cm³/mol. The van der Waals surface area contributed by atoms with Gasteiger partial charge in [0.25, 0.3) is 5.91 Å². The number of aromatic hydroxyl groups is 1. The number of benzene rings is 4. The van der Waals surface area contributed by atoms with Gasteiger partial charge >= 0.3 is 5.97 Å². The molecule has 2 bridgehead atoms. The molecule has 13 nitrogen and oxygen atoms in total. The zero-order chi connectivity index (χ0) is 42.7. The van der Waals surface area contributed by atoms with Crippen LogP contribution in [0.4, 0.5) is 0 Å². The highest BCUT2D eigenvalue weighted by Gasteiger charge is 2.47. The third kappa shape index (κ3) is 9.43. The number of carbonyl (C=O) groups is 2. The summed E-state index contributed by atoms with van der Waals surface area (Å²) in [6.07, 6.45) is 3.24. The van der Waals surface area contributed by atoms with Gasteiger partial charge in [0.05, 0.1) is 23.3 Å². The van der Waals surface area contributed by atoms with Gasteiger partial charge in [-0.25, -0.2) is 8.42 Å². The first-order valence-corrected chi connectivity index (χ1v) is 22.8. The number of likely N-dealkylation sites (tertiary alicyclic amines) is 1. The molecule has 1 aromatic heterocycles. The van der Waals surface area contributed by atoms with E-state index in [-0.39, 0.29) is 54.4 Å². The number of fused-ring (bicyclic) bond motifs is 4. The number of aliphatic hydroxyl groups excluding tert-OH is 1. The number of aliphatic hydroxyl groups is 1. The zero-order valence-corrected chi connectivity index (χ0v) is 35.1. The lowest BCUT2D eigenvalue weighted by molar-refractivity contribution is -0.167. The molecule has 0 radical (unpaired) electrons. The fraction of sp³-hybridized carbons (Fsp3) is 0.383. The first kappa shape index (κ1) is 42.3. The van der Waals surface area contributed by atoms with Crippen molar-refractivity contribution in [3.05, 3.63) is 147 Å². The van der Waals surface area contributed by atoms with E-state index in [0.717, 1.165) is 54.7 Å². The minimum atomic E-state index is -3.60. The highest BCUT2D eigenvalue weighted by Crippen LogP contribution is 2.40. The largest absolute Gasteiger partial charge is 0.506 e. The molecule has 4 N–H and O–H groups in total. The number of hydrogen-bond acceptors (Lipinski definition) is 10. The van der Waals surface area contributed by atoms with Crippen molar-refractivity contribution in [3.63, 3.8) is 0 Å². The molecule has 2 atom stereocenters. The normalized spacial score (nSPS) is 20.4. The van der Waals surface area contributed by atoms with Gasteiger partial charge in [-0.2, -0.15) is 4.31 Å². The van der Waals surface area contributed by atoms with E-state index in [2.05, 4.69) is 15.2 Å². The summed E-state index contributed by atoms with van der Waals surface area (Å²) in [4.78, 5) is 46.4. The monoisotopic (exact) mass is 847 g/mol. The Morgan fingerprint density at radius 3 is 2.13 bits per heavy atom. The smallest absolute Gasteiger partial charge is 0.317 e. The summed E-state index contributed by atoms with van der Waals surface area (Å²) >= 11 is 0. The quantitative estimate of drug-likeness (QED) is 0.114. The Hall–Kier alpha value is -5.38. The van der Waals surface area contributed by atoms with E-state index in [1.54, 1.807) is 41.3 Å². The summed E-state index contributed by atoms with van der Waals surface area (Å²) in [6.45, 7) is 4.68. The number of phenols is 1. The number of nitrogens with one attached hydrogen (secondary N) is 2. The van der Waals surface area contributed by atoms with E-state index in [1.807, 2.05) is 54.6 Å². The van der Waals surface area contributed by atoms with Crippen molar-refractivity contribution < 1.29 is 33.0 Å². The van der Waals surface area contributed by atoms with Crippen LogP contribution in [0.5, 0.6) is 5.75 Å². The number of aromatic amines is 1. The van der Waals surface area contributed by atoms with Crippen molar-refractivity contribution in [1.29, 1.82) is 0 Å². The Morgan fingerprint density at radius 1 is 0.869 bits per heavy atom. The molecule has 4 aliphatic heterocycles. The number of rotatable bonds is 14. The summed E-state index contributed by atoms with van der Waals surface area (Å²) < 4.78 is 33.6. The Labute approximate surface area is 356 Å². The number of pyridine rings is 1. The summed E-state index contributed by atoms with van der Waals surface area (Å²) in [7, 11) is -3.60. The SMILES string of the molecule is CS(=O)(=O)N(Cc1ccc(CNCC(O)c2ccc(O)c3[nH]c(=O)ccc23)cc1)Cc1ccc(C(=O)N2CCC(C(=O)OC3CN4CCC3CC4)(c3ccccc3)CC2)cc1. The maximum atomic E-state index is 14.1. The zero-order valence-electron chi connectivity index (χ0n) is 34.3. The van der Waals surface area contributed by atoms with Gasteiger partial charge < -0.3 is 30.2 Å². The molecule has 61 heavy (non-hydrogen) atoms. The molecular formula is C47H53N5O8S. The maximum Gasteiger partial charge on any atom is 0.317 e. The average molecular weight is 848 g/mol. The molecule has 320 valence electrons. The fourth-order valence-corrected chi connectivity index (χ4v) is 9.93. The van der Waals surface area contributed by atoms with E-state index in [4.69, 9.17) is 4.74 Å². The van der Waals surface area contributed by atoms with Crippen LogP contribution in [-0.4, -0.2) is 101 Å². The lowest BCUT2D eigenvalue weighted by Gasteiger charge is -2.46. The average Bonchev–Trinajstić information content (AvgIpc) is 3.27. The molecule has 4 saturated heterocycles. The van der Waals surface area contributed by atoms with Crippen LogP contribution in [0.15, 0.2) is 108 Å².